The first-order valence-electron chi connectivity index (χ1n) is 7.48. The highest BCUT2D eigenvalue weighted by molar-refractivity contribution is 7.16. The van der Waals surface area contributed by atoms with E-state index in [-0.39, 0.29) is 0 Å². The maximum absolute atomic E-state index is 3.81. The Morgan fingerprint density at radius 2 is 1.41 bits per heavy atom. The van der Waals surface area contributed by atoms with Gasteiger partial charge >= 0.3 is 0 Å². The molecule has 0 N–H and O–H groups in total. The molecule has 0 aliphatic heterocycles. The molecule has 0 saturated heterocycles. The van der Waals surface area contributed by atoms with E-state index in [4.69, 9.17) is 0 Å². The van der Waals surface area contributed by atoms with Crippen LogP contribution in [-0.4, -0.2) is 0 Å². The summed E-state index contributed by atoms with van der Waals surface area (Å²) in [5, 5.41) is 1.25. The average Bonchev–Trinajstić information content (AvgIpc) is 3.04. The molecule has 2 aromatic carbocycles. The monoisotopic (exact) mass is 305 g/mol. The minimum atomic E-state index is 1.02. The number of rotatable bonds is 6. The lowest BCUT2D eigenvalue weighted by atomic mass is 10.2. The van der Waals surface area contributed by atoms with Gasteiger partial charge in [0.2, 0.25) is 0 Å². The lowest BCUT2D eigenvalue weighted by molar-refractivity contribution is 1.03. The van der Waals surface area contributed by atoms with Crippen LogP contribution in [0.15, 0.2) is 85.5 Å². The van der Waals surface area contributed by atoms with Crippen molar-refractivity contribution in [1.82, 2.24) is 0 Å². The molecule has 0 bridgehead atoms. The van der Waals surface area contributed by atoms with E-state index in [2.05, 4.69) is 84.3 Å². The van der Waals surface area contributed by atoms with E-state index in [9.17, 15) is 0 Å². The van der Waals surface area contributed by atoms with Crippen LogP contribution in [0.5, 0.6) is 0 Å². The van der Waals surface area contributed by atoms with E-state index < -0.39 is 0 Å². The van der Waals surface area contributed by atoms with Crippen molar-refractivity contribution in [2.24, 2.45) is 0 Å². The van der Waals surface area contributed by atoms with Crippen molar-refractivity contribution >= 4 is 27.7 Å². The van der Waals surface area contributed by atoms with Gasteiger partial charge in [-0.25, -0.2) is 0 Å². The van der Waals surface area contributed by atoms with Gasteiger partial charge in [0.1, 0.15) is 5.00 Å². The van der Waals surface area contributed by atoms with Gasteiger partial charge in [-0.05, 0) is 49.2 Å². The number of thiophene rings is 1. The van der Waals surface area contributed by atoms with Crippen LogP contribution in [-0.2, 0) is 6.42 Å². The maximum atomic E-state index is 3.81. The topological polar surface area (TPSA) is 3.24 Å². The molecule has 0 aliphatic rings. The lowest BCUT2D eigenvalue weighted by Gasteiger charge is -2.23. The van der Waals surface area contributed by atoms with Gasteiger partial charge in [-0.15, -0.1) is 17.9 Å². The number of hydrogen-bond donors (Lipinski definition) is 0. The minimum Gasteiger partial charge on any atom is -0.302 e. The van der Waals surface area contributed by atoms with Gasteiger partial charge in [-0.3, -0.25) is 0 Å². The van der Waals surface area contributed by atoms with Crippen molar-refractivity contribution in [3.8, 4) is 0 Å². The summed E-state index contributed by atoms with van der Waals surface area (Å²) in [5.41, 5.74) is 2.37. The number of aryl methyl sites for hydroxylation is 1. The standard InChI is InChI=1S/C20H19NS/c1-2-3-14-19-15-16-20(22-19)21(17-10-6-4-7-11-17)18-12-8-5-9-13-18/h2,4-13,15-16H,1,3,14H2. The smallest absolute Gasteiger partial charge is 0.100 e. The highest BCUT2D eigenvalue weighted by Crippen LogP contribution is 2.38. The molecule has 1 aromatic heterocycles. The summed E-state index contributed by atoms with van der Waals surface area (Å²) in [6.45, 7) is 3.81. The second-order valence-electron chi connectivity index (χ2n) is 5.07. The number of para-hydroxylation sites is 2. The molecule has 3 rings (SSSR count). The summed E-state index contributed by atoms with van der Waals surface area (Å²) in [4.78, 5) is 3.70. The molecule has 1 heterocycles. The van der Waals surface area contributed by atoms with Gasteiger partial charge in [0.15, 0.2) is 0 Å². The summed E-state index contributed by atoms with van der Waals surface area (Å²) in [7, 11) is 0. The number of benzene rings is 2. The summed E-state index contributed by atoms with van der Waals surface area (Å²) in [6.07, 6.45) is 4.06. The van der Waals surface area contributed by atoms with Crippen LogP contribution < -0.4 is 4.90 Å². The van der Waals surface area contributed by atoms with E-state index in [0.29, 0.717) is 0 Å². The van der Waals surface area contributed by atoms with E-state index in [1.807, 2.05) is 17.4 Å². The molecule has 0 amide bonds. The first-order chi connectivity index (χ1) is 10.9. The predicted octanol–water partition coefficient (Wildman–Crippen LogP) is 6.34. The first-order valence-corrected chi connectivity index (χ1v) is 8.30. The Bertz CT molecular complexity index is 676. The quantitative estimate of drug-likeness (QED) is 0.480. The van der Waals surface area contributed by atoms with E-state index in [1.165, 1.54) is 21.3 Å². The predicted molar refractivity (Wildman–Crippen MR) is 97.5 cm³/mol. The molecule has 22 heavy (non-hydrogen) atoms. The van der Waals surface area contributed by atoms with Gasteiger partial charge in [0.05, 0.1) is 0 Å². The van der Waals surface area contributed by atoms with Crippen LogP contribution in [0.4, 0.5) is 16.4 Å². The Morgan fingerprint density at radius 3 is 1.95 bits per heavy atom. The van der Waals surface area contributed by atoms with Crippen molar-refractivity contribution in [3.63, 3.8) is 0 Å². The maximum Gasteiger partial charge on any atom is 0.100 e. The number of nitrogens with zero attached hydrogens (tertiary/aromatic N) is 1. The van der Waals surface area contributed by atoms with Gasteiger partial charge in [0, 0.05) is 16.3 Å². The van der Waals surface area contributed by atoms with Crippen LogP contribution >= 0.6 is 11.3 Å². The van der Waals surface area contributed by atoms with Gasteiger partial charge in [-0.1, -0.05) is 42.5 Å². The molecular formula is C20H19NS. The fourth-order valence-electron chi connectivity index (χ4n) is 2.42. The highest BCUT2D eigenvalue weighted by atomic mass is 32.1. The van der Waals surface area contributed by atoms with E-state index >= 15 is 0 Å². The Labute approximate surface area is 136 Å². The zero-order valence-electron chi connectivity index (χ0n) is 12.5. The van der Waals surface area contributed by atoms with Crippen molar-refractivity contribution in [2.45, 2.75) is 12.8 Å². The largest absolute Gasteiger partial charge is 0.302 e. The second kappa shape index (κ2) is 7.10. The summed E-state index contributed by atoms with van der Waals surface area (Å²) >= 11 is 1.85. The van der Waals surface area contributed by atoms with Crippen molar-refractivity contribution in [3.05, 3.63) is 90.3 Å². The second-order valence-corrected chi connectivity index (χ2v) is 6.22. The molecular weight excluding hydrogens is 286 g/mol. The number of anilines is 3. The van der Waals surface area contributed by atoms with Crippen LogP contribution in [0.1, 0.15) is 11.3 Å². The molecule has 2 heteroatoms. The zero-order valence-corrected chi connectivity index (χ0v) is 13.3. The molecule has 1 nitrogen and oxygen atoms in total. The van der Waals surface area contributed by atoms with Gasteiger partial charge in [0.25, 0.3) is 0 Å². The Balaban J connectivity index is 1.99. The Hall–Kier alpha value is -2.32. The van der Waals surface area contributed by atoms with Crippen LogP contribution in [0.2, 0.25) is 0 Å². The van der Waals surface area contributed by atoms with Crippen LogP contribution in [0.25, 0.3) is 0 Å². The van der Waals surface area contributed by atoms with Gasteiger partial charge < -0.3 is 4.90 Å². The van der Waals surface area contributed by atoms with Crippen molar-refractivity contribution in [2.75, 3.05) is 4.90 Å². The van der Waals surface area contributed by atoms with E-state index in [0.717, 1.165) is 12.8 Å². The molecule has 3 aromatic rings. The lowest BCUT2D eigenvalue weighted by Crippen LogP contribution is -2.07. The molecule has 0 unspecified atom stereocenters. The average molecular weight is 305 g/mol. The molecule has 0 fully saturated rings. The molecule has 0 atom stereocenters. The van der Waals surface area contributed by atoms with Gasteiger partial charge in [-0.2, -0.15) is 0 Å². The molecule has 110 valence electrons. The fourth-order valence-corrected chi connectivity index (χ4v) is 3.49. The Kier molecular flexibility index (Phi) is 4.71. The van der Waals surface area contributed by atoms with Crippen molar-refractivity contribution < 1.29 is 0 Å². The third-order valence-electron chi connectivity index (χ3n) is 3.49. The molecule has 0 saturated carbocycles. The number of allylic oxidation sites excluding steroid dienone is 1. The summed E-state index contributed by atoms with van der Waals surface area (Å²) in [6, 6.07) is 25.5. The van der Waals surface area contributed by atoms with Crippen LogP contribution in [0.3, 0.4) is 0 Å². The van der Waals surface area contributed by atoms with E-state index in [1.54, 1.807) is 0 Å². The first kappa shape index (κ1) is 14.6. The summed E-state index contributed by atoms with van der Waals surface area (Å²) < 4.78 is 0. The van der Waals surface area contributed by atoms with Crippen molar-refractivity contribution in [1.29, 1.82) is 0 Å². The normalized spacial score (nSPS) is 10.4. The highest BCUT2D eigenvalue weighted by Gasteiger charge is 2.13. The Morgan fingerprint density at radius 1 is 0.818 bits per heavy atom. The third kappa shape index (κ3) is 3.29. The number of hydrogen-bond acceptors (Lipinski definition) is 2. The third-order valence-corrected chi connectivity index (χ3v) is 4.62. The zero-order chi connectivity index (χ0) is 15.2. The SMILES string of the molecule is C=CCCc1ccc(N(c2ccccc2)c2ccccc2)s1. The minimum absolute atomic E-state index is 1.02. The fraction of sp³-hybridized carbons (Fsp3) is 0.100. The summed E-state index contributed by atoms with van der Waals surface area (Å²) in [5.74, 6) is 0. The molecule has 0 aliphatic carbocycles. The van der Waals surface area contributed by atoms with Crippen LogP contribution in [0, 0.1) is 0 Å². The molecule has 0 radical (unpaired) electrons. The molecule has 0 spiro atoms.